The number of aryl methyl sites for hydroxylation is 1. The van der Waals surface area contributed by atoms with Gasteiger partial charge in [0.1, 0.15) is 5.82 Å². The zero-order valence-electron chi connectivity index (χ0n) is 20.8. The SMILES string of the molecule is Cc1nc(-c2ccccc2)nc(N2CCN(C(=O)CC(C)C)CC2)c1Cc1cccc(C(F)(F)F)c1. The summed E-state index contributed by atoms with van der Waals surface area (Å²) < 4.78 is 39.9. The Bertz CT molecular complexity index is 1200. The molecule has 0 spiro atoms. The molecular weight excluding hydrogens is 465 g/mol. The first-order valence-corrected chi connectivity index (χ1v) is 12.2. The van der Waals surface area contributed by atoms with E-state index < -0.39 is 11.7 Å². The van der Waals surface area contributed by atoms with Crippen LogP contribution in [0.2, 0.25) is 0 Å². The predicted molar refractivity (Wildman–Crippen MR) is 135 cm³/mol. The summed E-state index contributed by atoms with van der Waals surface area (Å²) in [7, 11) is 0. The normalized spacial score (nSPS) is 14.4. The molecule has 3 aromatic rings. The van der Waals surface area contributed by atoms with Crippen LogP contribution in [0.1, 0.15) is 42.7 Å². The number of halogens is 3. The number of carbonyl (C=O) groups is 1. The van der Waals surface area contributed by atoms with E-state index in [1.165, 1.54) is 12.1 Å². The third-order valence-corrected chi connectivity index (χ3v) is 6.37. The maximum Gasteiger partial charge on any atom is 0.416 e. The molecule has 0 radical (unpaired) electrons. The van der Waals surface area contributed by atoms with Crippen molar-refractivity contribution < 1.29 is 18.0 Å². The maximum atomic E-state index is 13.3. The summed E-state index contributed by atoms with van der Waals surface area (Å²) in [4.78, 5) is 26.2. The summed E-state index contributed by atoms with van der Waals surface area (Å²) in [6.45, 7) is 8.31. The molecule has 190 valence electrons. The van der Waals surface area contributed by atoms with Gasteiger partial charge in [-0.05, 0) is 24.5 Å². The van der Waals surface area contributed by atoms with Crippen molar-refractivity contribution in [3.05, 3.63) is 77.0 Å². The minimum atomic E-state index is -4.40. The van der Waals surface area contributed by atoms with Crippen molar-refractivity contribution in [3.8, 4) is 11.4 Å². The minimum absolute atomic E-state index is 0.151. The van der Waals surface area contributed by atoms with Gasteiger partial charge >= 0.3 is 6.18 Å². The molecule has 0 N–H and O–H groups in total. The quantitative estimate of drug-likeness (QED) is 0.436. The largest absolute Gasteiger partial charge is 0.416 e. The van der Waals surface area contributed by atoms with Crippen LogP contribution in [0.25, 0.3) is 11.4 Å². The van der Waals surface area contributed by atoms with Crippen molar-refractivity contribution in [2.75, 3.05) is 31.1 Å². The highest BCUT2D eigenvalue weighted by molar-refractivity contribution is 5.76. The van der Waals surface area contributed by atoms with E-state index in [4.69, 9.17) is 9.97 Å². The topological polar surface area (TPSA) is 49.3 Å². The molecular formula is C28H31F3N4O. The number of piperazine rings is 1. The van der Waals surface area contributed by atoms with E-state index in [-0.39, 0.29) is 12.3 Å². The number of hydrogen-bond donors (Lipinski definition) is 0. The van der Waals surface area contributed by atoms with E-state index in [2.05, 4.69) is 4.90 Å². The number of carbonyl (C=O) groups excluding carboxylic acids is 1. The fourth-order valence-electron chi connectivity index (χ4n) is 4.47. The molecule has 1 amide bonds. The van der Waals surface area contributed by atoms with Gasteiger partial charge in [-0.2, -0.15) is 13.2 Å². The zero-order chi connectivity index (χ0) is 25.9. The molecule has 8 heteroatoms. The number of nitrogens with zero attached hydrogens (tertiary/aromatic N) is 4. The second-order valence-electron chi connectivity index (χ2n) is 9.64. The Morgan fingerprint density at radius 2 is 1.67 bits per heavy atom. The van der Waals surface area contributed by atoms with Crippen LogP contribution in [-0.2, 0) is 17.4 Å². The third kappa shape index (κ3) is 6.04. The number of hydrogen-bond acceptors (Lipinski definition) is 4. The van der Waals surface area contributed by atoms with Gasteiger partial charge in [-0.15, -0.1) is 0 Å². The zero-order valence-corrected chi connectivity index (χ0v) is 20.8. The first-order valence-electron chi connectivity index (χ1n) is 12.2. The molecule has 0 bridgehead atoms. The lowest BCUT2D eigenvalue weighted by Crippen LogP contribution is -2.49. The van der Waals surface area contributed by atoms with Crippen molar-refractivity contribution in [2.24, 2.45) is 5.92 Å². The summed E-state index contributed by atoms with van der Waals surface area (Å²) in [6, 6.07) is 15.1. The third-order valence-electron chi connectivity index (χ3n) is 6.37. The second-order valence-corrected chi connectivity index (χ2v) is 9.64. The average molecular weight is 497 g/mol. The predicted octanol–water partition coefficient (Wildman–Crippen LogP) is 5.76. The summed E-state index contributed by atoms with van der Waals surface area (Å²) in [5.41, 5.74) is 2.29. The van der Waals surface area contributed by atoms with Crippen LogP contribution in [0.3, 0.4) is 0 Å². The van der Waals surface area contributed by atoms with Gasteiger partial charge in [0.25, 0.3) is 0 Å². The highest BCUT2D eigenvalue weighted by Gasteiger charge is 2.31. The smallest absolute Gasteiger partial charge is 0.353 e. The molecule has 1 fully saturated rings. The van der Waals surface area contributed by atoms with Crippen LogP contribution in [0.5, 0.6) is 0 Å². The first-order chi connectivity index (χ1) is 17.1. The summed E-state index contributed by atoms with van der Waals surface area (Å²) >= 11 is 0. The van der Waals surface area contributed by atoms with Crippen molar-refractivity contribution in [3.63, 3.8) is 0 Å². The molecule has 0 aliphatic carbocycles. The summed E-state index contributed by atoms with van der Waals surface area (Å²) in [6.07, 6.45) is -3.60. The Kier molecular flexibility index (Phi) is 7.62. The van der Waals surface area contributed by atoms with Crippen molar-refractivity contribution in [1.82, 2.24) is 14.9 Å². The van der Waals surface area contributed by atoms with Crippen LogP contribution < -0.4 is 4.90 Å². The lowest BCUT2D eigenvalue weighted by atomic mass is 10.0. The first kappa shape index (κ1) is 25.7. The Morgan fingerprint density at radius 3 is 2.31 bits per heavy atom. The molecule has 1 aliphatic heterocycles. The molecule has 1 aliphatic rings. The summed E-state index contributed by atoms with van der Waals surface area (Å²) in [5.74, 6) is 1.74. The number of alkyl halides is 3. The molecule has 5 nitrogen and oxygen atoms in total. The number of amides is 1. The standard InChI is InChI=1S/C28H31F3N4O/c1-19(2)16-25(36)34-12-14-35(15-13-34)27-24(18-21-8-7-11-23(17-21)28(29,30)31)20(3)32-26(33-27)22-9-5-4-6-10-22/h4-11,17,19H,12-16,18H2,1-3H3. The van der Waals surface area contributed by atoms with Gasteiger partial charge in [-0.25, -0.2) is 9.97 Å². The monoisotopic (exact) mass is 496 g/mol. The Morgan fingerprint density at radius 1 is 0.972 bits per heavy atom. The van der Waals surface area contributed by atoms with Gasteiger partial charge in [0.05, 0.1) is 5.56 Å². The van der Waals surface area contributed by atoms with Crippen LogP contribution in [0.15, 0.2) is 54.6 Å². The van der Waals surface area contributed by atoms with Crippen LogP contribution in [0.4, 0.5) is 19.0 Å². The molecule has 1 saturated heterocycles. The van der Waals surface area contributed by atoms with Gasteiger partial charge in [0.15, 0.2) is 5.82 Å². The van der Waals surface area contributed by atoms with Crippen LogP contribution in [0, 0.1) is 12.8 Å². The second kappa shape index (κ2) is 10.7. The molecule has 2 heterocycles. The highest BCUT2D eigenvalue weighted by atomic mass is 19.4. The maximum absolute atomic E-state index is 13.3. The number of aromatic nitrogens is 2. The average Bonchev–Trinajstić information content (AvgIpc) is 2.85. The molecule has 2 aromatic carbocycles. The lowest BCUT2D eigenvalue weighted by Gasteiger charge is -2.37. The van der Waals surface area contributed by atoms with Crippen molar-refractivity contribution in [2.45, 2.75) is 39.8 Å². The minimum Gasteiger partial charge on any atom is -0.353 e. The molecule has 36 heavy (non-hydrogen) atoms. The molecule has 0 unspecified atom stereocenters. The van der Waals surface area contributed by atoms with E-state index in [0.29, 0.717) is 49.9 Å². The fourth-order valence-corrected chi connectivity index (χ4v) is 4.47. The number of anilines is 1. The van der Waals surface area contributed by atoms with E-state index in [9.17, 15) is 18.0 Å². The van der Waals surface area contributed by atoms with Gasteiger partial charge in [0.2, 0.25) is 5.91 Å². The van der Waals surface area contributed by atoms with Gasteiger partial charge in [0, 0.05) is 55.8 Å². The van der Waals surface area contributed by atoms with E-state index in [1.807, 2.05) is 56.0 Å². The molecule has 0 saturated carbocycles. The molecule has 4 rings (SSSR count). The van der Waals surface area contributed by atoms with Gasteiger partial charge in [-0.3, -0.25) is 4.79 Å². The lowest BCUT2D eigenvalue weighted by molar-refractivity contribution is -0.137. The molecule has 0 atom stereocenters. The molecule has 1 aromatic heterocycles. The van der Waals surface area contributed by atoms with Crippen molar-refractivity contribution in [1.29, 1.82) is 0 Å². The van der Waals surface area contributed by atoms with Gasteiger partial charge < -0.3 is 9.80 Å². The Labute approximate surface area is 210 Å². The summed E-state index contributed by atoms with van der Waals surface area (Å²) in [5, 5.41) is 0. The van der Waals surface area contributed by atoms with Crippen LogP contribution in [-0.4, -0.2) is 47.0 Å². The van der Waals surface area contributed by atoms with Crippen molar-refractivity contribution >= 4 is 11.7 Å². The van der Waals surface area contributed by atoms with Crippen LogP contribution >= 0.6 is 0 Å². The van der Waals surface area contributed by atoms with E-state index in [1.54, 1.807) is 6.07 Å². The number of benzene rings is 2. The Balaban J connectivity index is 1.67. The highest BCUT2D eigenvalue weighted by Crippen LogP contribution is 2.32. The number of rotatable bonds is 6. The fraction of sp³-hybridized carbons (Fsp3) is 0.393. The van der Waals surface area contributed by atoms with E-state index in [0.717, 1.165) is 28.7 Å². The van der Waals surface area contributed by atoms with Gasteiger partial charge in [-0.1, -0.05) is 62.4 Å². The Hall–Kier alpha value is -3.42. The van der Waals surface area contributed by atoms with E-state index >= 15 is 0 Å².